The van der Waals surface area contributed by atoms with Crippen LogP contribution < -0.4 is 14.5 Å². The number of anilines is 2. The number of fused-ring (bicyclic) bond motifs is 3. The van der Waals surface area contributed by atoms with E-state index in [0.29, 0.717) is 11.5 Å². The number of nitrogens with zero attached hydrogens (tertiary/aromatic N) is 4. The van der Waals surface area contributed by atoms with E-state index in [1.54, 1.807) is 0 Å². The molecule has 2 aromatic heterocycles. The molecule has 6 heteroatoms. The Labute approximate surface area is 455 Å². The van der Waals surface area contributed by atoms with Gasteiger partial charge in [0.15, 0.2) is 0 Å². The van der Waals surface area contributed by atoms with Crippen molar-refractivity contribution in [2.75, 3.05) is 9.80 Å². The van der Waals surface area contributed by atoms with E-state index >= 15 is 0 Å². The number of hydrogen-bond acceptors (Lipinski definition) is 4. The average molecular weight is 1150 g/mol. The summed E-state index contributed by atoms with van der Waals surface area (Å²) in [5.41, 5.74) is 13.9. The molecular weight excluding hydrogens is 1080 g/mol. The van der Waals surface area contributed by atoms with Gasteiger partial charge in [-0.1, -0.05) is 205 Å². The van der Waals surface area contributed by atoms with Gasteiger partial charge in [-0.3, -0.25) is 0 Å². The van der Waals surface area contributed by atoms with Crippen LogP contribution in [-0.2, 0) is 48.1 Å². The molecule has 74 heavy (non-hydrogen) atoms. The summed E-state index contributed by atoms with van der Waals surface area (Å²) >= 11 is 0. The number of hydrogen-bond donors (Lipinski definition) is 0. The fraction of sp³-hybridized carbons (Fsp3) is 0.265. The molecule has 1 aliphatic heterocycles. The quantitative estimate of drug-likeness (QED) is 0.128. The van der Waals surface area contributed by atoms with Gasteiger partial charge in [0.05, 0.1) is 0 Å². The van der Waals surface area contributed by atoms with Gasteiger partial charge in [-0.2, -0.15) is 6.07 Å². The maximum atomic E-state index is 7.10. The zero-order chi connectivity index (χ0) is 51.7. The molecule has 0 saturated heterocycles. The molecule has 0 bridgehead atoms. The fourth-order valence-corrected chi connectivity index (χ4v) is 10.0. The van der Waals surface area contributed by atoms with Crippen LogP contribution in [0.2, 0.25) is 0 Å². The third-order valence-electron chi connectivity index (χ3n) is 15.0. The maximum absolute atomic E-state index is 7.10. The van der Waals surface area contributed by atoms with E-state index in [9.17, 15) is 0 Å². The Hall–Kier alpha value is -6.68. The maximum Gasteiger partial charge on any atom is 0.135 e. The van der Waals surface area contributed by atoms with Gasteiger partial charge in [0.2, 0.25) is 0 Å². The van der Waals surface area contributed by atoms with E-state index in [2.05, 4.69) is 293 Å². The standard InChI is InChI=1S/C68H69N4O.Pt/c1-64(2,3)49-29-32-60-59(40-49)58-31-30-56(43-61(58)72(60)63-41-50(33-34-69-63)67(10,11)47-25-19-15-20-26-47)73-57-39-53(68(12,13)48-27-21-16-22-28-48)38-55(42-57)71-45-70(44-62(71)46-23-17-14-18-24-46)54-36-51(65(4,5)6)35-52(37-54)66(7,8)9;/h14-41,44-45H,1-13H3;/q-3;. The molecule has 0 spiro atoms. The van der Waals surface area contributed by atoms with Crippen molar-refractivity contribution < 1.29 is 25.8 Å². The van der Waals surface area contributed by atoms with Crippen LogP contribution in [-0.4, -0.2) is 9.55 Å². The molecule has 0 aliphatic carbocycles. The molecule has 5 nitrogen and oxygen atoms in total. The van der Waals surface area contributed by atoms with Gasteiger partial charge in [0.25, 0.3) is 0 Å². The monoisotopic (exact) mass is 1150 g/mol. The molecule has 380 valence electrons. The molecule has 0 saturated carbocycles. The Kier molecular flexibility index (Phi) is 13.8. The summed E-state index contributed by atoms with van der Waals surface area (Å²) in [6, 6.07) is 66.6. The second-order valence-corrected chi connectivity index (χ2v) is 24.0. The largest absolute Gasteiger partial charge is 0.509 e. The summed E-state index contributed by atoms with van der Waals surface area (Å²) in [5, 5.41) is 2.23. The molecule has 0 radical (unpaired) electrons. The number of benzene rings is 7. The van der Waals surface area contributed by atoms with Crippen LogP contribution in [0.3, 0.4) is 0 Å². The minimum absolute atomic E-state index is 0. The molecule has 7 aromatic carbocycles. The van der Waals surface area contributed by atoms with E-state index in [0.717, 1.165) is 55.8 Å². The summed E-state index contributed by atoms with van der Waals surface area (Å²) in [7, 11) is 0. The minimum atomic E-state index is -0.392. The van der Waals surface area contributed by atoms with Crippen molar-refractivity contribution in [3.63, 3.8) is 0 Å². The van der Waals surface area contributed by atoms with Gasteiger partial charge in [-0.25, -0.2) is 4.98 Å². The van der Waals surface area contributed by atoms with Crippen molar-refractivity contribution in [1.82, 2.24) is 9.55 Å². The first-order valence-corrected chi connectivity index (χ1v) is 25.8. The van der Waals surface area contributed by atoms with Gasteiger partial charge in [0, 0.05) is 61.1 Å². The molecule has 3 heterocycles. The average Bonchev–Trinajstić information content (AvgIpc) is 3.96. The van der Waals surface area contributed by atoms with Crippen molar-refractivity contribution in [1.29, 1.82) is 0 Å². The van der Waals surface area contributed by atoms with Crippen molar-refractivity contribution in [3.05, 3.63) is 239 Å². The normalized spacial score (nSPS) is 13.6. The Morgan fingerprint density at radius 1 is 0.473 bits per heavy atom. The third-order valence-corrected chi connectivity index (χ3v) is 15.0. The van der Waals surface area contributed by atoms with Crippen LogP contribution >= 0.6 is 0 Å². The number of aromatic nitrogens is 2. The van der Waals surface area contributed by atoms with E-state index in [1.165, 1.54) is 33.4 Å². The van der Waals surface area contributed by atoms with Crippen LogP contribution in [0.4, 0.5) is 11.4 Å². The molecule has 0 unspecified atom stereocenters. The second kappa shape index (κ2) is 19.5. The molecule has 10 rings (SSSR count). The van der Waals surface area contributed by atoms with E-state index in [4.69, 9.17) is 9.72 Å². The van der Waals surface area contributed by atoms with Crippen molar-refractivity contribution in [3.8, 4) is 17.3 Å². The number of rotatable bonds is 10. The van der Waals surface area contributed by atoms with Crippen molar-refractivity contribution in [2.24, 2.45) is 0 Å². The van der Waals surface area contributed by atoms with Crippen LogP contribution in [0.1, 0.15) is 135 Å². The fourth-order valence-electron chi connectivity index (χ4n) is 10.0. The Morgan fingerprint density at radius 3 is 1.65 bits per heavy atom. The SMILES string of the molecule is CC(C)(C)c1cc(N2C=C(c3ccccc3)N(c3[c-]c(Oc4[c-]c5c(cc4)c4cc(C(C)(C)C)ccc4n5-c4cc(C(C)(C)c5ccccc5)ccn4)cc(C(C)(C)c4ccccc4)c3)[CH-]2)cc(C(C)(C)C)c1.[Pt]. The minimum Gasteiger partial charge on any atom is -0.509 e. The van der Waals surface area contributed by atoms with E-state index in [-0.39, 0.29) is 42.7 Å². The molecule has 1 aliphatic rings. The summed E-state index contributed by atoms with van der Waals surface area (Å²) in [4.78, 5) is 9.60. The Morgan fingerprint density at radius 2 is 1.05 bits per heavy atom. The van der Waals surface area contributed by atoms with Gasteiger partial charge >= 0.3 is 0 Å². The van der Waals surface area contributed by atoms with Crippen LogP contribution in [0.15, 0.2) is 176 Å². The number of ether oxygens (including phenoxy) is 1. The topological polar surface area (TPSA) is 33.5 Å². The number of pyridine rings is 1. The van der Waals surface area contributed by atoms with Crippen molar-refractivity contribution in [2.45, 2.75) is 117 Å². The second-order valence-electron chi connectivity index (χ2n) is 24.0. The molecule has 0 N–H and O–H groups in total. The smallest absolute Gasteiger partial charge is 0.135 e. The predicted molar refractivity (Wildman–Crippen MR) is 306 cm³/mol. The first-order valence-electron chi connectivity index (χ1n) is 25.8. The molecule has 0 fully saturated rings. The first-order chi connectivity index (χ1) is 34.6. The molecule has 0 amide bonds. The van der Waals surface area contributed by atoms with Crippen LogP contribution in [0.25, 0.3) is 33.3 Å². The van der Waals surface area contributed by atoms with Crippen molar-refractivity contribution >= 4 is 38.9 Å². The van der Waals surface area contributed by atoms with E-state index in [1.807, 2.05) is 6.20 Å². The molecular formula is C68H69N4OPt-3. The van der Waals surface area contributed by atoms with Gasteiger partial charge in [0.1, 0.15) is 5.82 Å². The Bertz CT molecular complexity index is 3480. The third kappa shape index (κ3) is 10.1. The predicted octanol–water partition coefficient (Wildman–Crippen LogP) is 17.6. The Balaban J connectivity index is 0.00000672. The summed E-state index contributed by atoms with van der Waals surface area (Å²) in [6.07, 6.45) is 4.19. The summed E-state index contributed by atoms with van der Waals surface area (Å²) in [5.74, 6) is 2.01. The molecule has 9 aromatic rings. The summed E-state index contributed by atoms with van der Waals surface area (Å²) in [6.45, 7) is 31.9. The molecule has 0 atom stereocenters. The van der Waals surface area contributed by atoms with Gasteiger partial charge in [-0.05, 0) is 103 Å². The van der Waals surface area contributed by atoms with Crippen LogP contribution in [0.5, 0.6) is 11.5 Å². The first kappa shape index (κ1) is 52.2. The van der Waals surface area contributed by atoms with Crippen LogP contribution in [0, 0.1) is 18.8 Å². The zero-order valence-electron chi connectivity index (χ0n) is 45.3. The zero-order valence-corrected chi connectivity index (χ0v) is 47.6. The van der Waals surface area contributed by atoms with Gasteiger partial charge < -0.3 is 19.1 Å². The summed E-state index contributed by atoms with van der Waals surface area (Å²) < 4.78 is 9.35. The van der Waals surface area contributed by atoms with Gasteiger partial charge in [-0.15, -0.1) is 53.6 Å². The van der Waals surface area contributed by atoms with E-state index < -0.39 is 5.41 Å².